The molecule has 86 heavy (non-hydrogen) atoms. The van der Waals surface area contributed by atoms with Crippen molar-refractivity contribution >= 4 is 0 Å². The summed E-state index contributed by atoms with van der Waals surface area (Å²) in [7, 11) is 0. The predicted molar refractivity (Wildman–Crippen MR) is 344 cm³/mol. The molecule has 6 heteroatoms. The summed E-state index contributed by atoms with van der Waals surface area (Å²) in [5.41, 5.74) is 26.7. The molecule has 14 aromatic rings. The van der Waals surface area contributed by atoms with E-state index in [1.807, 2.05) is 54.6 Å². The third-order valence-corrected chi connectivity index (χ3v) is 18.4. The zero-order valence-electron chi connectivity index (χ0n) is 46.4. The topological polar surface area (TPSA) is 77.3 Å². The van der Waals surface area contributed by atoms with Crippen LogP contribution in [0.25, 0.3) is 124 Å². The minimum atomic E-state index is -0.604. The highest BCUT2D eigenvalue weighted by Crippen LogP contribution is 2.65. The summed E-state index contributed by atoms with van der Waals surface area (Å²) in [4.78, 5) is 31.4. The molecule has 4 aliphatic carbocycles. The van der Waals surface area contributed by atoms with Crippen LogP contribution in [0.3, 0.4) is 0 Å². The Morgan fingerprint density at radius 3 is 0.837 bits per heavy atom. The van der Waals surface area contributed by atoms with E-state index >= 15 is 0 Å². The van der Waals surface area contributed by atoms with Crippen LogP contribution in [0, 0.1) is 0 Å². The molecule has 4 aliphatic rings. The number of fused-ring (bicyclic) bond motifs is 20. The molecule has 18 rings (SSSR count). The van der Waals surface area contributed by atoms with Crippen molar-refractivity contribution in [3.05, 3.63) is 336 Å². The first-order chi connectivity index (χ1) is 42.6. The summed E-state index contributed by atoms with van der Waals surface area (Å²) >= 11 is 0. The van der Waals surface area contributed by atoms with E-state index in [1.54, 1.807) is 0 Å². The van der Waals surface area contributed by atoms with E-state index < -0.39 is 10.8 Å². The van der Waals surface area contributed by atoms with Crippen molar-refractivity contribution in [1.29, 1.82) is 0 Å². The lowest BCUT2D eigenvalue weighted by Gasteiger charge is -2.30. The molecule has 2 aromatic heterocycles. The van der Waals surface area contributed by atoms with Crippen molar-refractivity contribution in [3.63, 3.8) is 0 Å². The van der Waals surface area contributed by atoms with Gasteiger partial charge in [-0.2, -0.15) is 0 Å². The Balaban J connectivity index is 0.762. The first kappa shape index (κ1) is 48.2. The lowest BCUT2D eigenvalue weighted by Crippen LogP contribution is -2.25. The summed E-state index contributed by atoms with van der Waals surface area (Å²) in [6.45, 7) is 0. The molecule has 12 aromatic carbocycles. The summed E-state index contributed by atoms with van der Waals surface area (Å²) in [5.74, 6) is 3.75. The first-order valence-electron chi connectivity index (χ1n) is 29.3. The number of nitrogens with zero attached hydrogens (tertiary/aromatic N) is 6. The van der Waals surface area contributed by atoms with Crippen molar-refractivity contribution in [1.82, 2.24) is 29.9 Å². The molecule has 6 nitrogen and oxygen atoms in total. The van der Waals surface area contributed by atoms with E-state index in [4.69, 9.17) is 29.9 Å². The SMILES string of the molecule is c1ccc(-c2nc(-c3cccc(-c4ccc5c(c4)-c4ccccc4C54c5ccccc5-c5ccc(-c6nc(-c7ccccc7)nc(-c7ccccc7)n6)cc54)c3)nc(-c3ccc4c(c3)-c3ccccc3C43c4ccccc4-c4ccccc43)n2)cc1. The summed E-state index contributed by atoms with van der Waals surface area (Å²) < 4.78 is 0. The van der Waals surface area contributed by atoms with Crippen molar-refractivity contribution in [2.45, 2.75) is 10.8 Å². The number of aromatic nitrogens is 6. The monoisotopic (exact) mass is 1090 g/mol. The first-order valence-corrected chi connectivity index (χ1v) is 29.3. The van der Waals surface area contributed by atoms with Gasteiger partial charge in [-0.15, -0.1) is 0 Å². The highest BCUT2D eigenvalue weighted by atomic mass is 15.0. The van der Waals surface area contributed by atoms with Crippen molar-refractivity contribution in [2.24, 2.45) is 0 Å². The third kappa shape index (κ3) is 6.89. The molecule has 2 spiro atoms. The minimum Gasteiger partial charge on any atom is -0.208 e. The molecule has 1 unspecified atom stereocenters. The molecule has 0 N–H and O–H groups in total. The molecule has 1 atom stereocenters. The van der Waals surface area contributed by atoms with Gasteiger partial charge in [0.15, 0.2) is 34.9 Å². The zero-order chi connectivity index (χ0) is 56.5. The van der Waals surface area contributed by atoms with E-state index in [1.165, 1.54) is 89.0 Å². The Labute approximate surface area is 497 Å². The fourth-order valence-electron chi connectivity index (χ4n) is 14.8. The standard InChI is InChI=1S/C80H48N6/c1-4-21-49(22-5-1)73-81-74(50-23-6-2-7-24-50)85-78(84-73)56-39-42-62-59-31-12-17-36-67(59)80(72(62)48-56)69-38-19-14-32-60(69)63-46-53(40-43-71(63)80)52-27-20-28-54(45-52)76-82-75(51-25-8-3-9-26-51)83-77(86-76)55-41-44-70-64(47-55)61-33-13-18-37-68(61)79(70)65-34-15-10-29-57(65)58-30-11-16-35-66(58)79/h1-48H. The van der Waals surface area contributed by atoms with Crippen LogP contribution in [-0.4, -0.2) is 29.9 Å². The maximum atomic E-state index is 5.39. The van der Waals surface area contributed by atoms with E-state index in [0.29, 0.717) is 34.9 Å². The average molecular weight is 1090 g/mol. The molecular weight excluding hydrogens is 1040 g/mol. The van der Waals surface area contributed by atoms with E-state index in [2.05, 4.69) is 237 Å². The van der Waals surface area contributed by atoms with Gasteiger partial charge in [-0.3, -0.25) is 0 Å². The van der Waals surface area contributed by atoms with Crippen LogP contribution in [0.5, 0.6) is 0 Å². The third-order valence-electron chi connectivity index (χ3n) is 18.4. The number of benzene rings is 12. The highest BCUT2D eigenvalue weighted by Gasteiger charge is 2.53. The van der Waals surface area contributed by atoms with Gasteiger partial charge in [-0.25, -0.2) is 29.9 Å². The minimum absolute atomic E-state index is 0.440. The van der Waals surface area contributed by atoms with Crippen LogP contribution >= 0.6 is 0 Å². The van der Waals surface area contributed by atoms with Crippen molar-refractivity contribution < 1.29 is 0 Å². The lowest BCUT2D eigenvalue weighted by atomic mass is 9.70. The van der Waals surface area contributed by atoms with Crippen LogP contribution in [0.4, 0.5) is 0 Å². The second-order valence-corrected chi connectivity index (χ2v) is 22.8. The van der Waals surface area contributed by atoms with Crippen LogP contribution in [-0.2, 0) is 10.8 Å². The van der Waals surface area contributed by atoms with E-state index in [-0.39, 0.29) is 0 Å². The molecule has 0 saturated carbocycles. The van der Waals surface area contributed by atoms with Gasteiger partial charge in [0.25, 0.3) is 0 Å². The Bertz CT molecular complexity index is 5030. The Morgan fingerprint density at radius 2 is 0.407 bits per heavy atom. The van der Waals surface area contributed by atoms with Gasteiger partial charge in [-0.05, 0) is 124 Å². The molecule has 0 saturated heterocycles. The van der Waals surface area contributed by atoms with Crippen LogP contribution < -0.4 is 0 Å². The maximum absolute atomic E-state index is 5.39. The van der Waals surface area contributed by atoms with Crippen LogP contribution in [0.1, 0.15) is 44.5 Å². The van der Waals surface area contributed by atoms with Gasteiger partial charge < -0.3 is 0 Å². The van der Waals surface area contributed by atoms with Gasteiger partial charge in [0.1, 0.15) is 0 Å². The molecule has 0 fully saturated rings. The fourth-order valence-corrected chi connectivity index (χ4v) is 14.8. The average Bonchev–Trinajstić information content (AvgIpc) is 1.54. The predicted octanol–water partition coefficient (Wildman–Crippen LogP) is 18.4. The fraction of sp³-hybridized carbons (Fsp3) is 0.0250. The molecular formula is C80H48N6. The summed E-state index contributed by atoms with van der Waals surface area (Å²) in [6, 6.07) is 105. The van der Waals surface area contributed by atoms with Gasteiger partial charge in [0.2, 0.25) is 0 Å². The molecule has 398 valence electrons. The van der Waals surface area contributed by atoms with Gasteiger partial charge in [0.05, 0.1) is 10.8 Å². The largest absolute Gasteiger partial charge is 0.208 e. The number of rotatable bonds is 7. The van der Waals surface area contributed by atoms with Gasteiger partial charge >= 0.3 is 0 Å². The maximum Gasteiger partial charge on any atom is 0.164 e. The lowest BCUT2D eigenvalue weighted by molar-refractivity contribution is 0.794. The Kier molecular flexibility index (Phi) is 10.4. The quantitative estimate of drug-likeness (QED) is 0.158. The normalized spacial score (nSPS) is 14.7. The summed E-state index contributed by atoms with van der Waals surface area (Å²) in [6.07, 6.45) is 0. The van der Waals surface area contributed by atoms with Crippen molar-refractivity contribution in [3.8, 4) is 124 Å². The second kappa shape index (κ2) is 18.6. The molecule has 0 bridgehead atoms. The smallest absolute Gasteiger partial charge is 0.164 e. The summed E-state index contributed by atoms with van der Waals surface area (Å²) in [5, 5.41) is 0. The molecule has 2 heterocycles. The van der Waals surface area contributed by atoms with E-state index in [0.717, 1.165) is 44.5 Å². The zero-order valence-corrected chi connectivity index (χ0v) is 46.4. The highest BCUT2D eigenvalue weighted by molar-refractivity contribution is 5.98. The van der Waals surface area contributed by atoms with Crippen molar-refractivity contribution in [2.75, 3.05) is 0 Å². The van der Waals surface area contributed by atoms with Gasteiger partial charge in [-0.1, -0.05) is 267 Å². The number of hydrogen-bond donors (Lipinski definition) is 0. The number of hydrogen-bond acceptors (Lipinski definition) is 6. The molecule has 0 radical (unpaired) electrons. The van der Waals surface area contributed by atoms with Crippen LogP contribution in [0.2, 0.25) is 0 Å². The Morgan fingerprint density at radius 1 is 0.151 bits per heavy atom. The second-order valence-electron chi connectivity index (χ2n) is 22.8. The van der Waals surface area contributed by atoms with Gasteiger partial charge in [0, 0.05) is 33.4 Å². The molecule has 0 amide bonds. The van der Waals surface area contributed by atoms with E-state index in [9.17, 15) is 0 Å². The Hall–Kier alpha value is -11.3. The van der Waals surface area contributed by atoms with Crippen LogP contribution in [0.15, 0.2) is 291 Å². The molecule has 0 aliphatic heterocycles.